The van der Waals surface area contributed by atoms with E-state index in [0.717, 1.165) is 25.2 Å². The maximum Gasteiger partial charge on any atom is 0.244 e. The quantitative estimate of drug-likeness (QED) is 0.668. The van der Waals surface area contributed by atoms with Crippen LogP contribution in [-0.4, -0.2) is 37.0 Å². The molecule has 20 heavy (non-hydrogen) atoms. The van der Waals surface area contributed by atoms with Crippen molar-refractivity contribution in [1.29, 1.82) is 0 Å². The fourth-order valence-electron chi connectivity index (χ4n) is 2.10. The Hall–Kier alpha value is -2.05. The zero-order chi connectivity index (χ0) is 14.0. The molecule has 1 aliphatic heterocycles. The predicted molar refractivity (Wildman–Crippen MR) is 81.9 cm³/mol. The maximum atomic E-state index is 11.6. The molecule has 0 aliphatic carbocycles. The highest BCUT2D eigenvalue weighted by Crippen LogP contribution is 2.05. The van der Waals surface area contributed by atoms with Crippen LogP contribution >= 0.6 is 0 Å². The molecule has 0 atom stereocenters. The SMILES string of the molecule is O=C(/C=C/c1ccccc1)NCC#CCN1CCCC1. The molecule has 1 saturated heterocycles. The topological polar surface area (TPSA) is 32.3 Å². The minimum Gasteiger partial charge on any atom is -0.342 e. The van der Waals surface area contributed by atoms with Crippen LogP contribution in [0, 0.1) is 11.8 Å². The first-order valence-electron chi connectivity index (χ1n) is 7.03. The van der Waals surface area contributed by atoms with Crippen LogP contribution in [0.3, 0.4) is 0 Å². The van der Waals surface area contributed by atoms with Gasteiger partial charge in [0.05, 0.1) is 13.1 Å². The maximum absolute atomic E-state index is 11.6. The Balaban J connectivity index is 1.65. The van der Waals surface area contributed by atoms with Crippen molar-refractivity contribution >= 4 is 12.0 Å². The fourth-order valence-corrected chi connectivity index (χ4v) is 2.10. The van der Waals surface area contributed by atoms with Gasteiger partial charge in [-0.15, -0.1) is 0 Å². The molecular weight excluding hydrogens is 248 g/mol. The van der Waals surface area contributed by atoms with E-state index in [1.807, 2.05) is 30.3 Å². The number of amides is 1. The lowest BCUT2D eigenvalue weighted by molar-refractivity contribution is -0.116. The Morgan fingerprint density at radius 2 is 1.95 bits per heavy atom. The standard InChI is InChI=1S/C17H20N2O/c20-17(11-10-16-8-2-1-3-9-16)18-12-4-5-13-19-14-6-7-15-19/h1-3,8-11H,6-7,12-15H2,(H,18,20)/b11-10+. The van der Waals surface area contributed by atoms with Gasteiger partial charge in [0, 0.05) is 6.08 Å². The van der Waals surface area contributed by atoms with Crippen molar-refractivity contribution in [2.75, 3.05) is 26.2 Å². The van der Waals surface area contributed by atoms with Gasteiger partial charge in [-0.1, -0.05) is 42.2 Å². The molecule has 2 rings (SSSR count). The number of likely N-dealkylation sites (tertiary alicyclic amines) is 1. The highest BCUT2D eigenvalue weighted by atomic mass is 16.1. The number of carbonyl (C=O) groups is 1. The first-order chi connectivity index (χ1) is 9.84. The van der Waals surface area contributed by atoms with Crippen molar-refractivity contribution in [3.63, 3.8) is 0 Å². The van der Waals surface area contributed by atoms with Crippen LogP contribution in [0.5, 0.6) is 0 Å². The van der Waals surface area contributed by atoms with Gasteiger partial charge < -0.3 is 5.32 Å². The van der Waals surface area contributed by atoms with Crippen LogP contribution in [0.1, 0.15) is 18.4 Å². The van der Waals surface area contributed by atoms with Gasteiger partial charge in [0.25, 0.3) is 0 Å². The molecular formula is C17H20N2O. The number of nitrogens with zero attached hydrogens (tertiary/aromatic N) is 1. The molecule has 0 saturated carbocycles. The van der Waals surface area contributed by atoms with Gasteiger partial charge in [-0.05, 0) is 37.6 Å². The Kier molecular flexibility index (Phi) is 5.88. The number of rotatable bonds is 4. The zero-order valence-corrected chi connectivity index (χ0v) is 11.6. The molecule has 0 radical (unpaired) electrons. The number of nitrogens with one attached hydrogen (secondary N) is 1. The van der Waals surface area contributed by atoms with Crippen LogP contribution in [-0.2, 0) is 4.79 Å². The van der Waals surface area contributed by atoms with E-state index in [2.05, 4.69) is 22.1 Å². The molecule has 0 bridgehead atoms. The van der Waals surface area contributed by atoms with Gasteiger partial charge in [-0.2, -0.15) is 0 Å². The van der Waals surface area contributed by atoms with Crippen LogP contribution in [0.4, 0.5) is 0 Å². The summed E-state index contributed by atoms with van der Waals surface area (Å²) in [5.41, 5.74) is 1.02. The van der Waals surface area contributed by atoms with Gasteiger partial charge >= 0.3 is 0 Å². The van der Waals surface area contributed by atoms with Crippen LogP contribution in [0.25, 0.3) is 6.08 Å². The van der Waals surface area contributed by atoms with Crippen LogP contribution < -0.4 is 5.32 Å². The first-order valence-corrected chi connectivity index (χ1v) is 7.03. The predicted octanol–water partition coefficient (Wildman–Crippen LogP) is 1.92. The minimum absolute atomic E-state index is 0.107. The zero-order valence-electron chi connectivity index (χ0n) is 11.6. The summed E-state index contributed by atoms with van der Waals surface area (Å²) >= 11 is 0. The lowest BCUT2D eigenvalue weighted by Crippen LogP contribution is -2.22. The van der Waals surface area contributed by atoms with Crippen LogP contribution in [0.15, 0.2) is 36.4 Å². The molecule has 1 aromatic carbocycles. The molecule has 0 aromatic heterocycles. The molecule has 3 heteroatoms. The van der Waals surface area contributed by atoms with Crippen molar-refractivity contribution in [3.05, 3.63) is 42.0 Å². The molecule has 1 heterocycles. The molecule has 1 aliphatic rings. The third-order valence-corrected chi connectivity index (χ3v) is 3.20. The van der Waals surface area contributed by atoms with Crippen molar-refractivity contribution in [1.82, 2.24) is 10.2 Å². The summed E-state index contributed by atoms with van der Waals surface area (Å²) in [6.07, 6.45) is 5.90. The second-order valence-electron chi connectivity index (χ2n) is 4.80. The normalized spacial score (nSPS) is 15.0. The van der Waals surface area contributed by atoms with Crippen molar-refractivity contribution < 1.29 is 4.79 Å². The highest BCUT2D eigenvalue weighted by molar-refractivity contribution is 5.91. The average molecular weight is 268 g/mol. The van der Waals surface area contributed by atoms with Gasteiger partial charge in [0.2, 0.25) is 5.91 Å². The minimum atomic E-state index is -0.107. The summed E-state index contributed by atoms with van der Waals surface area (Å²) in [7, 11) is 0. The van der Waals surface area contributed by atoms with Gasteiger partial charge in [-0.3, -0.25) is 9.69 Å². The van der Waals surface area contributed by atoms with Gasteiger partial charge in [0.1, 0.15) is 0 Å². The fraction of sp³-hybridized carbons (Fsp3) is 0.353. The van der Waals surface area contributed by atoms with Crippen molar-refractivity contribution in [2.24, 2.45) is 0 Å². The summed E-state index contributed by atoms with van der Waals surface area (Å²) in [4.78, 5) is 13.9. The van der Waals surface area contributed by atoms with Crippen molar-refractivity contribution in [2.45, 2.75) is 12.8 Å². The number of benzene rings is 1. The Morgan fingerprint density at radius 3 is 2.70 bits per heavy atom. The van der Waals surface area contributed by atoms with E-state index in [1.54, 1.807) is 6.08 Å². The molecule has 104 valence electrons. The second-order valence-corrected chi connectivity index (χ2v) is 4.80. The monoisotopic (exact) mass is 268 g/mol. The van der Waals surface area contributed by atoms with Crippen LogP contribution in [0.2, 0.25) is 0 Å². The smallest absolute Gasteiger partial charge is 0.244 e. The molecule has 1 amide bonds. The summed E-state index contributed by atoms with van der Waals surface area (Å²) in [6, 6.07) is 9.76. The summed E-state index contributed by atoms with van der Waals surface area (Å²) in [6.45, 7) is 3.53. The van der Waals surface area contributed by atoms with E-state index in [4.69, 9.17) is 0 Å². The molecule has 3 nitrogen and oxygen atoms in total. The molecule has 0 spiro atoms. The molecule has 0 unspecified atom stereocenters. The molecule has 1 fully saturated rings. The van der Waals surface area contributed by atoms with Gasteiger partial charge in [0.15, 0.2) is 0 Å². The third-order valence-electron chi connectivity index (χ3n) is 3.20. The Labute approximate surface area is 120 Å². The van der Waals surface area contributed by atoms with E-state index in [9.17, 15) is 4.79 Å². The highest BCUT2D eigenvalue weighted by Gasteiger charge is 2.08. The Bertz CT molecular complexity index is 505. The number of hydrogen-bond donors (Lipinski definition) is 1. The third kappa shape index (κ3) is 5.29. The largest absolute Gasteiger partial charge is 0.342 e. The summed E-state index contributed by atoms with van der Waals surface area (Å²) in [5.74, 6) is 5.97. The summed E-state index contributed by atoms with van der Waals surface area (Å²) < 4.78 is 0. The Morgan fingerprint density at radius 1 is 1.20 bits per heavy atom. The molecule has 1 N–H and O–H groups in total. The van der Waals surface area contributed by atoms with Gasteiger partial charge in [-0.25, -0.2) is 0 Å². The second kappa shape index (κ2) is 8.19. The summed E-state index contributed by atoms with van der Waals surface area (Å²) in [5, 5.41) is 2.76. The lowest BCUT2D eigenvalue weighted by Gasteiger charge is -2.08. The first kappa shape index (κ1) is 14.4. The number of carbonyl (C=O) groups excluding carboxylic acids is 1. The molecule has 1 aromatic rings. The van der Waals surface area contributed by atoms with Crippen molar-refractivity contribution in [3.8, 4) is 11.8 Å². The van der Waals surface area contributed by atoms with E-state index in [0.29, 0.717) is 6.54 Å². The lowest BCUT2D eigenvalue weighted by atomic mass is 10.2. The van der Waals surface area contributed by atoms with E-state index >= 15 is 0 Å². The van der Waals surface area contributed by atoms with E-state index in [-0.39, 0.29) is 5.91 Å². The average Bonchev–Trinajstić information content (AvgIpc) is 2.99. The van der Waals surface area contributed by atoms with E-state index in [1.165, 1.54) is 18.9 Å². The van der Waals surface area contributed by atoms with E-state index < -0.39 is 0 Å². The number of hydrogen-bond acceptors (Lipinski definition) is 2.